The third kappa shape index (κ3) is 3.08. The summed E-state index contributed by atoms with van der Waals surface area (Å²) in [6, 6.07) is 8.59. The summed E-state index contributed by atoms with van der Waals surface area (Å²) < 4.78 is 21.7. The highest BCUT2D eigenvalue weighted by Gasteiger charge is 2.33. The first kappa shape index (κ1) is 17.0. The molecule has 0 aliphatic carbocycles. The van der Waals surface area contributed by atoms with Crippen molar-refractivity contribution in [3.8, 4) is 17.2 Å². The Hall–Kier alpha value is -2.86. The van der Waals surface area contributed by atoms with E-state index in [4.69, 9.17) is 18.6 Å². The van der Waals surface area contributed by atoms with Crippen LogP contribution in [0.3, 0.4) is 0 Å². The molecule has 0 aromatic heterocycles. The number of hydrogen-bond acceptors (Lipinski definition) is 5. The first-order valence-corrected chi connectivity index (χ1v) is 7.70. The van der Waals surface area contributed by atoms with Gasteiger partial charge < -0.3 is 19.3 Å². The molecule has 0 amide bonds. The number of hydrogen-bond donors (Lipinski definition) is 1. The molecule has 1 atom stereocenters. The van der Waals surface area contributed by atoms with Gasteiger partial charge in [-0.2, -0.15) is 0 Å². The van der Waals surface area contributed by atoms with E-state index < -0.39 is 6.10 Å². The Balaban J connectivity index is 2.15. The highest BCUT2D eigenvalue weighted by atomic mass is 16.5. The van der Waals surface area contributed by atoms with Crippen LogP contribution >= 0.6 is 0 Å². The van der Waals surface area contributed by atoms with Crippen molar-refractivity contribution in [2.24, 2.45) is 0 Å². The minimum Gasteiger partial charge on any atom is -0.496 e. The summed E-state index contributed by atoms with van der Waals surface area (Å²) in [7, 11) is 4.59. The minimum absolute atomic E-state index is 0.151. The second kappa shape index (κ2) is 6.94. The standard InChI is InChI=1S/C19H19O6/c1-22-15-5-4-12(8-18(15)24-3)19-14(21)9-13-16(23-2)6-11(10-20)7-17(13)25-19/h4-9,19-20H,10H2,1-3H3/q+1/t19-/m1/s1. The van der Waals surface area contributed by atoms with Crippen molar-refractivity contribution >= 4 is 11.9 Å². The molecule has 2 aromatic carbocycles. The molecule has 0 fully saturated rings. The molecule has 0 bridgehead atoms. The van der Waals surface area contributed by atoms with E-state index in [1.807, 2.05) is 0 Å². The monoisotopic (exact) mass is 343 g/mol. The number of ether oxygens (including phenoxy) is 3. The number of methoxy groups -OCH3 is 3. The third-order valence-electron chi connectivity index (χ3n) is 4.07. The molecule has 6 heteroatoms. The average molecular weight is 343 g/mol. The Bertz CT molecular complexity index is 932. The second-order valence-corrected chi connectivity index (χ2v) is 5.53. The zero-order chi connectivity index (χ0) is 18.0. The smallest absolute Gasteiger partial charge is 0.359 e. The van der Waals surface area contributed by atoms with Crippen molar-refractivity contribution < 1.29 is 24.1 Å². The first-order chi connectivity index (χ1) is 12.1. The van der Waals surface area contributed by atoms with Crippen molar-refractivity contribution in [2.75, 3.05) is 21.3 Å². The average Bonchev–Trinajstić information content (AvgIpc) is 2.66. The zero-order valence-corrected chi connectivity index (χ0v) is 14.2. The van der Waals surface area contributed by atoms with Crippen molar-refractivity contribution in [1.82, 2.24) is 0 Å². The number of carbonyl (C=O) groups excluding carboxylic acids is 1. The lowest BCUT2D eigenvalue weighted by molar-refractivity contribution is -0.114. The van der Waals surface area contributed by atoms with Gasteiger partial charge in [-0.1, -0.05) is 0 Å². The molecule has 1 heterocycles. The van der Waals surface area contributed by atoms with Crippen molar-refractivity contribution in [3.63, 3.8) is 0 Å². The summed E-state index contributed by atoms with van der Waals surface area (Å²) in [5, 5.41) is 9.97. The first-order valence-electron chi connectivity index (χ1n) is 7.70. The Morgan fingerprint density at radius 2 is 1.72 bits per heavy atom. The van der Waals surface area contributed by atoms with Crippen LogP contribution in [0.5, 0.6) is 17.2 Å². The lowest BCUT2D eigenvalue weighted by Gasteiger charge is -2.10. The SMILES string of the molecule is COc1ccc([C@H]2[O+]=c3cc(CO)cc(OC)c3=CC2=O)cc1OC. The van der Waals surface area contributed by atoms with E-state index in [9.17, 15) is 9.90 Å². The van der Waals surface area contributed by atoms with E-state index in [0.29, 0.717) is 39.0 Å². The van der Waals surface area contributed by atoms with Crippen LogP contribution in [0, 0.1) is 0 Å². The highest BCUT2D eigenvalue weighted by molar-refractivity contribution is 6.11. The summed E-state index contributed by atoms with van der Waals surface area (Å²) in [4.78, 5) is 12.6. The van der Waals surface area contributed by atoms with Crippen LogP contribution in [0.25, 0.3) is 6.08 Å². The van der Waals surface area contributed by atoms with E-state index in [0.717, 1.165) is 0 Å². The number of rotatable bonds is 5. The molecular formula is C19H19O6+. The maximum absolute atomic E-state index is 12.6. The summed E-state index contributed by atoms with van der Waals surface area (Å²) >= 11 is 0. The van der Waals surface area contributed by atoms with Crippen LogP contribution in [0.1, 0.15) is 17.2 Å². The van der Waals surface area contributed by atoms with Gasteiger partial charge in [0.15, 0.2) is 11.5 Å². The van der Waals surface area contributed by atoms with Crippen molar-refractivity contribution in [3.05, 3.63) is 56.5 Å². The molecule has 0 unspecified atom stereocenters. The van der Waals surface area contributed by atoms with Gasteiger partial charge in [0, 0.05) is 12.1 Å². The zero-order valence-electron chi connectivity index (χ0n) is 14.2. The summed E-state index contributed by atoms with van der Waals surface area (Å²) in [6.07, 6.45) is 0.700. The highest BCUT2D eigenvalue weighted by Crippen LogP contribution is 2.31. The van der Waals surface area contributed by atoms with Crippen LogP contribution in [0.2, 0.25) is 0 Å². The van der Waals surface area contributed by atoms with Crippen LogP contribution in [-0.2, 0) is 11.4 Å². The molecular weight excluding hydrogens is 324 g/mol. The number of Topliss-reactive ketones (excluding diaryl/α,β-unsaturated/α-hetero) is 1. The fourth-order valence-corrected chi connectivity index (χ4v) is 2.81. The molecule has 25 heavy (non-hydrogen) atoms. The van der Waals surface area contributed by atoms with Crippen LogP contribution in [0.4, 0.5) is 0 Å². The third-order valence-corrected chi connectivity index (χ3v) is 4.07. The van der Waals surface area contributed by atoms with E-state index in [1.54, 1.807) is 37.4 Å². The van der Waals surface area contributed by atoms with E-state index in [1.165, 1.54) is 20.3 Å². The maximum atomic E-state index is 12.6. The molecule has 0 saturated heterocycles. The molecule has 1 aliphatic rings. The van der Waals surface area contributed by atoms with Crippen LogP contribution < -0.4 is 24.9 Å². The molecule has 0 radical (unpaired) electrons. The Morgan fingerprint density at radius 1 is 1.00 bits per heavy atom. The molecule has 130 valence electrons. The number of benzene rings is 2. The summed E-state index contributed by atoms with van der Waals surface area (Å²) in [5.41, 5.74) is 1.78. The van der Waals surface area contributed by atoms with Gasteiger partial charge in [0.2, 0.25) is 0 Å². The Labute approximate surface area is 144 Å². The molecule has 1 N–H and O–H groups in total. The molecule has 0 spiro atoms. The summed E-state index contributed by atoms with van der Waals surface area (Å²) in [5.74, 6) is 1.38. The van der Waals surface area contributed by atoms with Gasteiger partial charge in [-0.05, 0) is 29.8 Å². The lowest BCUT2D eigenvalue weighted by atomic mass is 10.0. The van der Waals surface area contributed by atoms with Crippen molar-refractivity contribution in [2.45, 2.75) is 12.7 Å². The predicted molar refractivity (Wildman–Crippen MR) is 92.2 cm³/mol. The molecule has 3 rings (SSSR count). The van der Waals surface area contributed by atoms with Crippen molar-refractivity contribution in [1.29, 1.82) is 0 Å². The normalized spacial score (nSPS) is 15.7. The fraction of sp³-hybridized carbons (Fsp3) is 0.263. The summed E-state index contributed by atoms with van der Waals surface area (Å²) in [6.45, 7) is -0.151. The molecule has 1 aliphatic heterocycles. The van der Waals surface area contributed by atoms with Gasteiger partial charge in [0.25, 0.3) is 5.78 Å². The van der Waals surface area contributed by atoms with Crippen LogP contribution in [0.15, 0.2) is 34.8 Å². The Kier molecular flexibility index (Phi) is 4.72. The fourth-order valence-electron chi connectivity index (χ4n) is 2.81. The van der Waals surface area contributed by atoms with Gasteiger partial charge in [0.05, 0.1) is 33.5 Å². The quantitative estimate of drug-likeness (QED) is 0.817. The number of aliphatic hydroxyl groups excluding tert-OH is 1. The van der Waals surface area contributed by atoms with E-state index in [-0.39, 0.29) is 12.4 Å². The lowest BCUT2D eigenvalue weighted by Crippen LogP contribution is -2.34. The number of ketones is 1. The van der Waals surface area contributed by atoms with Gasteiger partial charge in [-0.25, -0.2) is 4.42 Å². The maximum Gasteiger partial charge on any atom is 0.359 e. The second-order valence-electron chi connectivity index (χ2n) is 5.53. The van der Waals surface area contributed by atoms with Gasteiger partial charge in [-0.15, -0.1) is 0 Å². The number of fused-ring (bicyclic) bond motifs is 1. The van der Waals surface area contributed by atoms with Gasteiger partial charge in [-0.3, -0.25) is 4.79 Å². The molecule has 0 saturated carbocycles. The number of aliphatic hydroxyl groups is 1. The van der Waals surface area contributed by atoms with E-state index in [2.05, 4.69) is 0 Å². The number of carbonyl (C=O) groups is 1. The predicted octanol–water partition coefficient (Wildman–Crippen LogP) is 0.924. The van der Waals surface area contributed by atoms with Gasteiger partial charge >= 0.3 is 11.5 Å². The minimum atomic E-state index is -0.800. The topological polar surface area (TPSA) is 76.3 Å². The van der Waals surface area contributed by atoms with Crippen LogP contribution in [-0.4, -0.2) is 32.2 Å². The molecule has 6 nitrogen and oxygen atoms in total. The van der Waals surface area contributed by atoms with Gasteiger partial charge in [0.1, 0.15) is 11.0 Å². The molecule has 2 aromatic rings. The largest absolute Gasteiger partial charge is 0.496 e. The Morgan fingerprint density at radius 3 is 2.36 bits per heavy atom. The van der Waals surface area contributed by atoms with E-state index >= 15 is 0 Å².